The first-order valence-corrected chi connectivity index (χ1v) is 8.52. The van der Waals surface area contributed by atoms with Crippen LogP contribution in [0.3, 0.4) is 0 Å². The number of hydrogen-bond donors (Lipinski definition) is 1. The lowest BCUT2D eigenvalue weighted by Gasteiger charge is -2.27. The molecule has 1 fully saturated rings. The number of pyridine rings is 1. The molecule has 1 aliphatic heterocycles. The number of nitrogens with zero attached hydrogens (tertiary/aromatic N) is 2. The third kappa shape index (κ3) is 4.56. The molecule has 2 heterocycles. The zero-order valence-electron chi connectivity index (χ0n) is 14.4. The van der Waals surface area contributed by atoms with Crippen LogP contribution >= 0.6 is 0 Å². The van der Waals surface area contributed by atoms with Crippen molar-refractivity contribution in [1.82, 2.24) is 0 Å². The molecule has 27 heavy (non-hydrogen) atoms. The summed E-state index contributed by atoms with van der Waals surface area (Å²) in [6, 6.07) is 11.2. The van der Waals surface area contributed by atoms with E-state index in [9.17, 15) is 18.0 Å². The van der Waals surface area contributed by atoms with E-state index in [0.29, 0.717) is 43.0 Å². The van der Waals surface area contributed by atoms with Gasteiger partial charge >= 0.3 is 6.18 Å². The Bertz CT molecular complexity index is 850. The van der Waals surface area contributed by atoms with Gasteiger partial charge in [-0.3, -0.25) is 9.69 Å². The van der Waals surface area contributed by atoms with Gasteiger partial charge in [-0.05, 0) is 37.1 Å². The molecular weight excluding hydrogens is 357 g/mol. The number of aromatic amines is 1. The van der Waals surface area contributed by atoms with Crippen molar-refractivity contribution >= 4 is 17.4 Å². The summed E-state index contributed by atoms with van der Waals surface area (Å²) in [4.78, 5) is 17.0. The number of H-pyrrole nitrogens is 1. The van der Waals surface area contributed by atoms with Crippen LogP contribution in [0.4, 0.5) is 24.7 Å². The Morgan fingerprint density at radius 1 is 1.22 bits per heavy atom. The van der Waals surface area contributed by atoms with Crippen LogP contribution < -0.4 is 15.2 Å². The maximum absolute atomic E-state index is 12.6. The van der Waals surface area contributed by atoms with Gasteiger partial charge in [0.1, 0.15) is 6.20 Å². The van der Waals surface area contributed by atoms with Crippen LogP contribution in [0.1, 0.15) is 24.0 Å². The van der Waals surface area contributed by atoms with Crippen LogP contribution in [-0.4, -0.2) is 19.0 Å². The predicted octanol–water partition coefficient (Wildman–Crippen LogP) is 3.25. The summed E-state index contributed by atoms with van der Waals surface area (Å²) in [6.45, 7) is 1.14. The standard InChI is InChI=1S/C19H17F3N4O/c20-19(21,22)15-4-5-17(24-12-15)26-8-6-14(7-9-26)18(27)25-16-3-1-2-13(10-16)11-23/h1-5,10,12,14H,6-9H2,(H,25,27)/p+1. The lowest BCUT2D eigenvalue weighted by Crippen LogP contribution is -2.40. The van der Waals surface area contributed by atoms with Crippen molar-refractivity contribution in [3.8, 4) is 6.07 Å². The quantitative estimate of drug-likeness (QED) is 0.895. The molecular formula is C19H18F3N4O+. The Hall–Kier alpha value is -3.08. The number of piperidine rings is 1. The average molecular weight is 375 g/mol. The van der Waals surface area contributed by atoms with Gasteiger partial charge in [0, 0.05) is 17.7 Å². The molecule has 1 aliphatic rings. The van der Waals surface area contributed by atoms with Gasteiger partial charge in [-0.25, -0.2) is 4.98 Å². The number of hydrogen-bond acceptors (Lipinski definition) is 3. The van der Waals surface area contributed by atoms with Crippen molar-refractivity contribution in [2.24, 2.45) is 5.92 Å². The Morgan fingerprint density at radius 3 is 2.56 bits per heavy atom. The molecule has 1 amide bonds. The van der Waals surface area contributed by atoms with Gasteiger partial charge in [0.15, 0.2) is 0 Å². The maximum atomic E-state index is 12.6. The molecule has 140 valence electrons. The first kappa shape index (κ1) is 18.7. The summed E-state index contributed by atoms with van der Waals surface area (Å²) in [7, 11) is 0. The Morgan fingerprint density at radius 2 is 1.96 bits per heavy atom. The Balaban J connectivity index is 1.56. The molecule has 8 heteroatoms. The number of anilines is 2. The van der Waals surface area contributed by atoms with E-state index in [-0.39, 0.29) is 11.8 Å². The molecule has 1 saturated heterocycles. The molecule has 0 spiro atoms. The molecule has 0 atom stereocenters. The zero-order chi connectivity index (χ0) is 19.4. The van der Waals surface area contributed by atoms with Crippen LogP contribution in [0, 0.1) is 17.2 Å². The van der Waals surface area contributed by atoms with Crippen LogP contribution in [0.25, 0.3) is 0 Å². The summed E-state index contributed by atoms with van der Waals surface area (Å²) in [5.74, 6) is 0.311. The van der Waals surface area contributed by atoms with Crippen molar-refractivity contribution in [1.29, 1.82) is 5.26 Å². The van der Waals surface area contributed by atoms with E-state index >= 15 is 0 Å². The van der Waals surface area contributed by atoms with Crippen LogP contribution in [0.2, 0.25) is 0 Å². The first-order chi connectivity index (χ1) is 12.9. The molecule has 0 radical (unpaired) electrons. The van der Waals surface area contributed by atoms with Crippen LogP contribution in [0.15, 0.2) is 42.6 Å². The molecule has 0 saturated carbocycles. The van der Waals surface area contributed by atoms with Gasteiger partial charge in [-0.15, -0.1) is 0 Å². The van der Waals surface area contributed by atoms with Crippen molar-refractivity contribution in [3.05, 3.63) is 53.7 Å². The lowest BCUT2D eigenvalue weighted by atomic mass is 9.95. The molecule has 1 aromatic heterocycles. The minimum atomic E-state index is -4.37. The number of aromatic nitrogens is 1. The zero-order valence-corrected chi connectivity index (χ0v) is 14.4. The fourth-order valence-corrected chi connectivity index (χ4v) is 3.08. The van der Waals surface area contributed by atoms with Gasteiger partial charge in [0.25, 0.3) is 5.82 Å². The van der Waals surface area contributed by atoms with Gasteiger partial charge in [0.05, 0.1) is 30.3 Å². The van der Waals surface area contributed by atoms with Gasteiger partial charge in [0.2, 0.25) is 5.91 Å². The number of rotatable bonds is 3. The SMILES string of the molecule is N#Cc1cccc(NC(=O)C2CCN(c3ccc(C(F)(F)F)c[nH+]3)CC2)c1. The predicted molar refractivity (Wildman–Crippen MR) is 92.7 cm³/mol. The number of nitriles is 1. The Labute approximate surface area is 154 Å². The summed E-state index contributed by atoms with van der Waals surface area (Å²) >= 11 is 0. The second-order valence-electron chi connectivity index (χ2n) is 6.40. The minimum absolute atomic E-state index is 0.110. The highest BCUT2D eigenvalue weighted by Crippen LogP contribution is 2.29. The van der Waals surface area contributed by atoms with E-state index in [1.54, 1.807) is 24.3 Å². The number of carbonyl (C=O) groups excluding carboxylic acids is 1. The monoisotopic (exact) mass is 375 g/mol. The van der Waals surface area contributed by atoms with Crippen molar-refractivity contribution in [2.45, 2.75) is 19.0 Å². The summed E-state index contributed by atoms with van der Waals surface area (Å²) in [5.41, 5.74) is 0.332. The van der Waals surface area contributed by atoms with Crippen molar-refractivity contribution in [3.63, 3.8) is 0 Å². The van der Waals surface area contributed by atoms with Crippen molar-refractivity contribution < 1.29 is 22.9 Å². The Kier molecular flexibility index (Phi) is 5.31. The summed E-state index contributed by atoms with van der Waals surface area (Å²) in [6.07, 6.45) is -2.23. The van der Waals surface area contributed by atoms with E-state index < -0.39 is 11.7 Å². The van der Waals surface area contributed by atoms with Crippen molar-refractivity contribution in [2.75, 3.05) is 23.3 Å². The van der Waals surface area contributed by atoms with Gasteiger partial charge in [-0.2, -0.15) is 18.4 Å². The molecule has 2 aromatic rings. The van der Waals surface area contributed by atoms with Gasteiger partial charge < -0.3 is 5.32 Å². The second kappa shape index (κ2) is 7.66. The maximum Gasteiger partial charge on any atom is 0.419 e. The number of carbonyl (C=O) groups is 1. The molecule has 0 aliphatic carbocycles. The molecule has 1 aromatic carbocycles. The fraction of sp³-hybridized carbons (Fsp3) is 0.316. The number of benzene rings is 1. The average Bonchev–Trinajstić information content (AvgIpc) is 2.67. The molecule has 5 nitrogen and oxygen atoms in total. The highest BCUT2D eigenvalue weighted by molar-refractivity contribution is 5.92. The first-order valence-electron chi connectivity index (χ1n) is 8.52. The van der Waals surface area contributed by atoms with E-state index in [1.165, 1.54) is 6.07 Å². The van der Waals surface area contributed by atoms with E-state index in [2.05, 4.69) is 10.3 Å². The van der Waals surface area contributed by atoms with E-state index in [4.69, 9.17) is 5.26 Å². The number of amides is 1. The minimum Gasteiger partial charge on any atom is -0.326 e. The normalized spacial score (nSPS) is 15.3. The largest absolute Gasteiger partial charge is 0.419 e. The topological polar surface area (TPSA) is 70.3 Å². The van der Waals surface area contributed by atoms with Crippen LogP contribution in [-0.2, 0) is 11.0 Å². The lowest BCUT2D eigenvalue weighted by molar-refractivity contribution is -0.367. The molecule has 2 N–H and O–H groups in total. The molecule has 0 bridgehead atoms. The number of halogens is 3. The molecule has 0 unspecified atom stereocenters. The van der Waals surface area contributed by atoms with E-state index in [1.807, 2.05) is 11.0 Å². The smallest absolute Gasteiger partial charge is 0.326 e. The van der Waals surface area contributed by atoms with Gasteiger partial charge in [-0.1, -0.05) is 6.07 Å². The van der Waals surface area contributed by atoms with Crippen LogP contribution in [0.5, 0.6) is 0 Å². The number of alkyl halides is 3. The highest BCUT2D eigenvalue weighted by atomic mass is 19.4. The third-order valence-corrected chi connectivity index (χ3v) is 4.59. The highest BCUT2D eigenvalue weighted by Gasteiger charge is 2.33. The number of nitrogens with one attached hydrogen (secondary N) is 2. The second-order valence-corrected chi connectivity index (χ2v) is 6.40. The molecule has 3 rings (SSSR count). The van der Waals surface area contributed by atoms with E-state index in [0.717, 1.165) is 12.3 Å². The third-order valence-electron chi connectivity index (χ3n) is 4.59. The summed E-state index contributed by atoms with van der Waals surface area (Å²) < 4.78 is 37.9. The fourth-order valence-electron chi connectivity index (χ4n) is 3.08. The summed E-state index contributed by atoms with van der Waals surface area (Å²) in [5, 5.41) is 11.7.